The minimum Gasteiger partial charge on any atom is -0.422 e. The van der Waals surface area contributed by atoms with E-state index in [2.05, 4.69) is 341 Å². The van der Waals surface area contributed by atoms with Crippen LogP contribution in [0.15, 0.2) is 334 Å². The Morgan fingerprint density at radius 2 is 0.400 bits per heavy atom. The van der Waals surface area contributed by atoms with Crippen LogP contribution in [0.2, 0.25) is 6.04 Å². The number of benzene rings is 11. The van der Waals surface area contributed by atoms with Gasteiger partial charge in [-0.15, -0.1) is 0 Å². The molecule has 85 heavy (non-hydrogen) atoms. The topological polar surface area (TPSA) is 36.9 Å². The number of rotatable bonds is 28. The van der Waals surface area contributed by atoms with Crippen LogP contribution < -0.4 is 57.1 Å². The molecule has 0 atom stereocenters. The third-order valence-electron chi connectivity index (χ3n) is 16.5. The summed E-state index contributed by atoms with van der Waals surface area (Å²) in [7, 11) is -20.0. The fraction of sp³-hybridized carbons (Fsp3) is 0.132. The molecule has 0 aliphatic rings. The van der Waals surface area contributed by atoms with Crippen molar-refractivity contribution in [1.82, 2.24) is 0 Å². The standard InChI is InChI=1S/C76H76O4Si5/c1-2-3-4-5-6-7-8-42-65-81(66-43-20-9-21-44-66,67-45-22-10-23-46-67)77-83(71-53-30-14-31-54-71,72-55-32-15-33-56-72)79-85(75-61-38-18-39-62-75,76-63-40-19-41-64-76)80-84(73-57-34-16-35-58-73,74-59-36-17-37-60-74)78-82(68-47-24-11-25-48-68,69-49-26-12-27-50-69)70-51-28-13-29-52-70/h9-41,43-64H,2-8,42,65H2,1H3. The molecule has 4 nitrogen and oxygen atoms in total. The van der Waals surface area contributed by atoms with Crippen LogP contribution in [0.25, 0.3) is 0 Å². The van der Waals surface area contributed by atoms with Crippen LogP contribution in [0.3, 0.4) is 0 Å². The molecule has 0 aliphatic heterocycles. The van der Waals surface area contributed by atoms with Crippen LogP contribution in [-0.2, 0) is 16.5 Å². The average molecular weight is 1190 g/mol. The molecule has 0 saturated heterocycles. The Hall–Kier alpha value is -7.66. The number of unbranched alkanes of at least 4 members (excludes halogenated alkanes) is 7. The zero-order valence-corrected chi connectivity index (χ0v) is 53.8. The molecule has 0 bridgehead atoms. The van der Waals surface area contributed by atoms with Gasteiger partial charge in [-0.2, -0.15) is 0 Å². The molecule has 0 fully saturated rings. The predicted molar refractivity (Wildman–Crippen MR) is 367 cm³/mol. The summed E-state index contributed by atoms with van der Waals surface area (Å²) in [5.74, 6) is 0. The maximum atomic E-state index is 9.22. The maximum absolute atomic E-state index is 9.22. The van der Waals surface area contributed by atoms with Gasteiger partial charge in [0.25, 0.3) is 8.32 Å². The second kappa shape index (κ2) is 28.5. The molecule has 11 rings (SSSR count). The first kappa shape index (κ1) is 59.1. The van der Waals surface area contributed by atoms with E-state index in [9.17, 15) is 8.23 Å². The van der Waals surface area contributed by atoms with Crippen molar-refractivity contribution in [1.29, 1.82) is 0 Å². The molecule has 0 amide bonds. The monoisotopic (exact) mass is 1190 g/mol. The first-order valence-electron chi connectivity index (χ1n) is 30.5. The maximum Gasteiger partial charge on any atom is 0.390 e. The van der Waals surface area contributed by atoms with E-state index >= 15 is 0 Å². The van der Waals surface area contributed by atoms with Crippen molar-refractivity contribution in [2.45, 2.75) is 64.3 Å². The van der Waals surface area contributed by atoms with Gasteiger partial charge in [0.2, 0.25) is 8.32 Å². The molecule has 0 saturated carbocycles. The highest BCUT2D eigenvalue weighted by Crippen LogP contribution is 2.31. The fourth-order valence-corrected chi connectivity index (χ4v) is 40.2. The summed E-state index contributed by atoms with van der Waals surface area (Å²) in [6, 6.07) is 121. The Kier molecular flexibility index (Phi) is 19.8. The van der Waals surface area contributed by atoms with E-state index < -0.39 is 42.3 Å². The highest BCUT2D eigenvalue weighted by Gasteiger charge is 2.64. The Bertz CT molecular complexity index is 3440. The summed E-state index contributed by atoms with van der Waals surface area (Å²) in [6.07, 6.45) is 9.64. The molecule has 424 valence electrons. The molecule has 0 aliphatic carbocycles. The highest BCUT2D eigenvalue weighted by molar-refractivity contribution is 7.17. The van der Waals surface area contributed by atoms with Gasteiger partial charge in [-0.3, -0.25) is 0 Å². The zero-order valence-electron chi connectivity index (χ0n) is 48.8. The Balaban J connectivity index is 1.25. The normalized spacial score (nSPS) is 12.2. The van der Waals surface area contributed by atoms with Crippen molar-refractivity contribution in [2.75, 3.05) is 0 Å². The Morgan fingerprint density at radius 1 is 0.200 bits per heavy atom. The summed E-state index contributed by atoms with van der Waals surface area (Å²) < 4.78 is 36.5. The van der Waals surface area contributed by atoms with Gasteiger partial charge in [0, 0.05) is 0 Å². The number of hydrogen-bond acceptors (Lipinski definition) is 4. The first-order valence-corrected chi connectivity index (χ1v) is 39.9. The third kappa shape index (κ3) is 12.8. The van der Waals surface area contributed by atoms with Crippen molar-refractivity contribution in [3.63, 3.8) is 0 Å². The molecule has 0 unspecified atom stereocenters. The van der Waals surface area contributed by atoms with Gasteiger partial charge in [-0.25, -0.2) is 0 Å². The van der Waals surface area contributed by atoms with E-state index in [4.69, 9.17) is 8.23 Å². The lowest BCUT2D eigenvalue weighted by atomic mass is 10.1. The SMILES string of the molecule is CCCCCCCCCC[Si](O[Si](O[Si](O[Si](O[Si](c1ccccc1)(c1ccccc1)c1ccccc1)(c1ccccc1)c1ccccc1)(c1ccccc1)c1ccccc1)(c1ccccc1)c1ccccc1)(c1ccccc1)c1ccccc1. The molecule has 11 aromatic carbocycles. The fourth-order valence-electron chi connectivity index (χ4n) is 12.3. The minimum absolute atomic E-state index is 0.856. The van der Waals surface area contributed by atoms with Crippen molar-refractivity contribution in [2.24, 2.45) is 0 Å². The molecule has 0 heterocycles. The second-order valence-corrected chi connectivity index (χ2v) is 38.9. The van der Waals surface area contributed by atoms with Gasteiger partial charge in [-0.05, 0) is 63.1 Å². The van der Waals surface area contributed by atoms with Gasteiger partial charge in [0.15, 0.2) is 0 Å². The molecule has 0 radical (unpaired) electrons. The predicted octanol–water partition coefficient (Wildman–Crippen LogP) is 11.4. The largest absolute Gasteiger partial charge is 0.422 e. The van der Waals surface area contributed by atoms with Gasteiger partial charge in [0.1, 0.15) is 0 Å². The molecule has 0 aromatic heterocycles. The van der Waals surface area contributed by atoms with Gasteiger partial charge in [0.05, 0.1) is 0 Å². The zero-order chi connectivity index (χ0) is 57.9. The summed E-state index contributed by atoms with van der Waals surface area (Å²) in [4.78, 5) is 0. The minimum atomic E-state index is -4.40. The molecule has 11 aromatic rings. The first-order chi connectivity index (χ1) is 42.0. The van der Waals surface area contributed by atoms with E-state index in [0.29, 0.717) is 0 Å². The molecular formula is C76H76O4Si5. The molecule has 0 spiro atoms. The van der Waals surface area contributed by atoms with E-state index in [1.165, 1.54) is 48.9 Å². The van der Waals surface area contributed by atoms with Crippen LogP contribution >= 0.6 is 0 Å². The highest BCUT2D eigenvalue weighted by atomic mass is 28.5. The number of hydrogen-bond donors (Lipinski definition) is 0. The molecule has 0 N–H and O–H groups in total. The lowest BCUT2D eigenvalue weighted by Gasteiger charge is -2.50. The summed E-state index contributed by atoms with van der Waals surface area (Å²) in [5.41, 5.74) is 0. The van der Waals surface area contributed by atoms with Crippen LogP contribution in [-0.4, -0.2) is 42.3 Å². The smallest absolute Gasteiger partial charge is 0.390 e. The van der Waals surface area contributed by atoms with Gasteiger partial charge in [-0.1, -0.05) is 392 Å². The average Bonchev–Trinajstić information content (AvgIpc) is 1.21. The summed E-state index contributed by atoms with van der Waals surface area (Å²) in [6.45, 7) is 2.29. The van der Waals surface area contributed by atoms with Crippen LogP contribution in [0.4, 0.5) is 0 Å². The summed E-state index contributed by atoms with van der Waals surface area (Å²) >= 11 is 0. The lowest BCUT2D eigenvalue weighted by Crippen LogP contribution is -2.85. The molecular weight excluding hydrogens is 1120 g/mol. The van der Waals surface area contributed by atoms with E-state index in [1.54, 1.807) is 0 Å². The second-order valence-electron chi connectivity index (χ2n) is 22.0. The van der Waals surface area contributed by atoms with Crippen molar-refractivity contribution >= 4 is 99.4 Å². The van der Waals surface area contributed by atoms with E-state index in [-0.39, 0.29) is 0 Å². The van der Waals surface area contributed by atoms with Crippen molar-refractivity contribution < 1.29 is 16.5 Å². The van der Waals surface area contributed by atoms with E-state index in [1.807, 2.05) is 0 Å². The van der Waals surface area contributed by atoms with Gasteiger partial charge < -0.3 is 16.5 Å². The Morgan fingerprint density at radius 3 is 0.659 bits per heavy atom. The summed E-state index contributed by atoms with van der Waals surface area (Å²) in [5, 5.41) is 11.6. The molecule has 9 heteroatoms. The van der Waals surface area contributed by atoms with Gasteiger partial charge >= 0.3 is 25.7 Å². The van der Waals surface area contributed by atoms with Crippen molar-refractivity contribution in [3.05, 3.63) is 334 Å². The lowest BCUT2D eigenvalue weighted by molar-refractivity contribution is 0.329. The van der Waals surface area contributed by atoms with Crippen LogP contribution in [0.1, 0.15) is 58.3 Å². The van der Waals surface area contributed by atoms with Crippen molar-refractivity contribution in [3.8, 4) is 0 Å². The quantitative estimate of drug-likeness (QED) is 0.0278. The van der Waals surface area contributed by atoms with Crippen LogP contribution in [0.5, 0.6) is 0 Å². The third-order valence-corrected chi connectivity index (χ3v) is 39.6. The Labute approximate surface area is 510 Å². The van der Waals surface area contributed by atoms with E-state index in [0.717, 1.165) is 65.6 Å². The van der Waals surface area contributed by atoms with Crippen LogP contribution in [0, 0.1) is 0 Å².